The zero-order chi connectivity index (χ0) is 18.4. The SMILES string of the molecule is C=CN(c1ncnc(NC/C=C(/C)CO)c1C)[C@H]1CC(O)[C@@H](CO)P1. The maximum absolute atomic E-state index is 10.1. The first-order valence-corrected chi connectivity index (χ1v) is 9.45. The smallest absolute Gasteiger partial charge is 0.141 e. The van der Waals surface area contributed by atoms with Gasteiger partial charge in [0, 0.05) is 17.8 Å². The molecule has 0 aromatic carbocycles. The van der Waals surface area contributed by atoms with E-state index in [4.69, 9.17) is 5.11 Å². The van der Waals surface area contributed by atoms with E-state index in [1.54, 1.807) is 6.20 Å². The lowest BCUT2D eigenvalue weighted by Crippen LogP contribution is -2.28. The number of anilines is 2. The Morgan fingerprint density at radius 1 is 1.48 bits per heavy atom. The third kappa shape index (κ3) is 4.76. The van der Waals surface area contributed by atoms with Crippen molar-refractivity contribution < 1.29 is 15.3 Å². The van der Waals surface area contributed by atoms with Crippen molar-refractivity contribution in [3.05, 3.63) is 36.3 Å². The molecule has 2 heterocycles. The van der Waals surface area contributed by atoms with Gasteiger partial charge in [-0.3, -0.25) is 0 Å². The van der Waals surface area contributed by atoms with E-state index in [-0.39, 0.29) is 24.7 Å². The molecule has 2 unspecified atom stereocenters. The molecule has 8 heteroatoms. The molecule has 0 saturated carbocycles. The minimum absolute atomic E-state index is 0.00675. The van der Waals surface area contributed by atoms with Crippen LogP contribution in [0, 0.1) is 6.92 Å². The summed E-state index contributed by atoms with van der Waals surface area (Å²) in [6.45, 7) is 8.29. The molecule has 0 spiro atoms. The van der Waals surface area contributed by atoms with E-state index in [1.807, 2.05) is 24.8 Å². The number of aliphatic hydroxyl groups excluding tert-OH is 3. The minimum atomic E-state index is -0.498. The van der Waals surface area contributed by atoms with E-state index in [1.165, 1.54) is 6.33 Å². The molecule has 1 aromatic heterocycles. The van der Waals surface area contributed by atoms with Gasteiger partial charge in [0.25, 0.3) is 0 Å². The van der Waals surface area contributed by atoms with Gasteiger partial charge in [-0.05, 0) is 26.5 Å². The minimum Gasteiger partial charge on any atom is -0.396 e. The van der Waals surface area contributed by atoms with Gasteiger partial charge < -0.3 is 25.5 Å². The zero-order valence-corrected chi connectivity index (χ0v) is 15.7. The Morgan fingerprint density at radius 3 is 2.84 bits per heavy atom. The molecule has 0 amide bonds. The van der Waals surface area contributed by atoms with Crippen LogP contribution in [0.1, 0.15) is 18.9 Å². The summed E-state index contributed by atoms with van der Waals surface area (Å²) in [5, 5.41) is 31.7. The van der Waals surface area contributed by atoms with Crippen LogP contribution in [-0.4, -0.2) is 62.6 Å². The molecule has 7 nitrogen and oxygen atoms in total. The standard InChI is InChI=1S/C17H27N4O3P/c1-4-21(15-7-13(24)14(9-23)25-15)17-12(3)16(19-10-20-17)18-6-5-11(2)8-22/h4-5,10,13-15,22-25H,1,6-9H2,2-3H3,(H,18,19,20)/b11-5-/t13?,14-,15-/m1/s1. The van der Waals surface area contributed by atoms with E-state index in [2.05, 4.69) is 21.9 Å². The molecule has 1 fully saturated rings. The number of hydrogen-bond acceptors (Lipinski definition) is 7. The van der Waals surface area contributed by atoms with Crippen LogP contribution in [0.3, 0.4) is 0 Å². The first kappa shape index (κ1) is 19.8. The average molecular weight is 366 g/mol. The molecule has 1 saturated heterocycles. The highest BCUT2D eigenvalue weighted by Crippen LogP contribution is 2.43. The Balaban J connectivity index is 2.17. The number of aromatic nitrogens is 2. The van der Waals surface area contributed by atoms with E-state index in [9.17, 15) is 10.2 Å². The van der Waals surface area contributed by atoms with Crippen molar-refractivity contribution in [3.8, 4) is 0 Å². The van der Waals surface area contributed by atoms with Crippen molar-refractivity contribution in [2.24, 2.45) is 0 Å². The topological polar surface area (TPSA) is 102 Å². The molecular formula is C17H27N4O3P. The van der Waals surface area contributed by atoms with Crippen LogP contribution in [-0.2, 0) is 0 Å². The third-order valence-electron chi connectivity index (χ3n) is 4.34. The summed E-state index contributed by atoms with van der Waals surface area (Å²) in [6, 6.07) is 0. The first-order valence-electron chi connectivity index (χ1n) is 8.29. The van der Waals surface area contributed by atoms with Gasteiger partial charge in [0.1, 0.15) is 18.0 Å². The van der Waals surface area contributed by atoms with Crippen LogP contribution in [0.25, 0.3) is 0 Å². The molecule has 1 aliphatic heterocycles. The van der Waals surface area contributed by atoms with Gasteiger partial charge in [-0.25, -0.2) is 9.97 Å². The van der Waals surface area contributed by atoms with Gasteiger partial charge in [-0.1, -0.05) is 26.8 Å². The Hall–Kier alpha value is -1.53. The number of rotatable bonds is 8. The Labute approximate surface area is 150 Å². The monoisotopic (exact) mass is 366 g/mol. The van der Waals surface area contributed by atoms with Crippen molar-refractivity contribution in [2.45, 2.75) is 37.8 Å². The lowest BCUT2D eigenvalue weighted by molar-refractivity contribution is 0.141. The summed E-state index contributed by atoms with van der Waals surface area (Å²) in [6.07, 6.45) is 5.22. The number of aliphatic hydroxyl groups is 3. The molecule has 1 aromatic rings. The van der Waals surface area contributed by atoms with Crippen molar-refractivity contribution in [3.63, 3.8) is 0 Å². The second-order valence-corrected chi connectivity index (χ2v) is 7.87. The second-order valence-electron chi connectivity index (χ2n) is 6.12. The van der Waals surface area contributed by atoms with Crippen LogP contribution in [0.2, 0.25) is 0 Å². The molecule has 25 heavy (non-hydrogen) atoms. The highest BCUT2D eigenvalue weighted by molar-refractivity contribution is 7.40. The van der Waals surface area contributed by atoms with Gasteiger partial charge >= 0.3 is 0 Å². The molecule has 0 aliphatic carbocycles. The number of nitrogens with one attached hydrogen (secondary N) is 1. The summed E-state index contributed by atoms with van der Waals surface area (Å²) >= 11 is 0. The van der Waals surface area contributed by atoms with Gasteiger partial charge in [-0.2, -0.15) is 0 Å². The number of hydrogen-bond donors (Lipinski definition) is 4. The molecular weight excluding hydrogens is 339 g/mol. The molecule has 4 N–H and O–H groups in total. The molecule has 1 aliphatic rings. The highest BCUT2D eigenvalue weighted by Gasteiger charge is 2.36. The predicted molar refractivity (Wildman–Crippen MR) is 102 cm³/mol. The fourth-order valence-electron chi connectivity index (χ4n) is 2.81. The summed E-state index contributed by atoms with van der Waals surface area (Å²) in [4.78, 5) is 10.7. The van der Waals surface area contributed by atoms with Crippen LogP contribution in [0.15, 0.2) is 30.8 Å². The van der Waals surface area contributed by atoms with Crippen LogP contribution in [0.5, 0.6) is 0 Å². The summed E-state index contributed by atoms with van der Waals surface area (Å²) in [5.74, 6) is 1.54. The molecule has 0 bridgehead atoms. The molecule has 0 radical (unpaired) electrons. The molecule has 2 rings (SSSR count). The van der Waals surface area contributed by atoms with Crippen LogP contribution >= 0.6 is 8.58 Å². The van der Waals surface area contributed by atoms with Crippen molar-refractivity contribution in [2.75, 3.05) is 30.0 Å². The Kier molecular flexibility index (Phi) is 7.32. The quantitative estimate of drug-likeness (QED) is 0.405. The lowest BCUT2D eigenvalue weighted by atomic mass is 10.2. The van der Waals surface area contributed by atoms with Crippen molar-refractivity contribution in [1.82, 2.24) is 9.97 Å². The first-order chi connectivity index (χ1) is 12.0. The second kappa shape index (κ2) is 9.25. The van der Waals surface area contributed by atoms with Gasteiger partial charge in [0.2, 0.25) is 0 Å². The normalized spacial score (nSPS) is 24.5. The van der Waals surface area contributed by atoms with Crippen LogP contribution < -0.4 is 10.2 Å². The van der Waals surface area contributed by atoms with E-state index >= 15 is 0 Å². The third-order valence-corrected chi connectivity index (χ3v) is 6.23. The molecule has 4 atom stereocenters. The fourth-order valence-corrected chi connectivity index (χ4v) is 4.54. The maximum atomic E-state index is 10.1. The average Bonchev–Trinajstić information content (AvgIpc) is 2.98. The van der Waals surface area contributed by atoms with Crippen LogP contribution in [0.4, 0.5) is 11.6 Å². The number of nitrogens with zero attached hydrogens (tertiary/aromatic N) is 3. The highest BCUT2D eigenvalue weighted by atomic mass is 31.1. The van der Waals surface area contributed by atoms with Gasteiger partial charge in [0.05, 0.1) is 25.1 Å². The van der Waals surface area contributed by atoms with Crippen molar-refractivity contribution >= 4 is 20.2 Å². The van der Waals surface area contributed by atoms with Gasteiger partial charge in [-0.15, -0.1) is 0 Å². The van der Waals surface area contributed by atoms with Gasteiger partial charge in [0.15, 0.2) is 0 Å². The summed E-state index contributed by atoms with van der Waals surface area (Å²) < 4.78 is 0. The van der Waals surface area contributed by atoms with E-state index in [0.29, 0.717) is 21.5 Å². The lowest BCUT2D eigenvalue weighted by Gasteiger charge is -2.28. The summed E-state index contributed by atoms with van der Waals surface area (Å²) in [5.41, 5.74) is 1.70. The maximum Gasteiger partial charge on any atom is 0.141 e. The Bertz CT molecular complexity index is 626. The largest absolute Gasteiger partial charge is 0.396 e. The van der Waals surface area contributed by atoms with E-state index in [0.717, 1.165) is 22.8 Å². The fraction of sp³-hybridized carbons (Fsp3) is 0.529. The van der Waals surface area contributed by atoms with E-state index < -0.39 is 6.10 Å². The van der Waals surface area contributed by atoms with Crippen molar-refractivity contribution in [1.29, 1.82) is 0 Å². The summed E-state index contributed by atoms with van der Waals surface area (Å²) in [7, 11) is 0.411. The predicted octanol–water partition coefficient (Wildman–Crippen LogP) is 1.22. The molecule has 138 valence electrons. The Morgan fingerprint density at radius 2 is 2.24 bits per heavy atom. The zero-order valence-electron chi connectivity index (χ0n) is 14.7.